The number of aromatic nitrogens is 4. The van der Waals surface area contributed by atoms with Gasteiger partial charge in [-0.25, -0.2) is 18.3 Å². The van der Waals surface area contributed by atoms with E-state index in [9.17, 15) is 0 Å². The van der Waals surface area contributed by atoms with Crippen molar-refractivity contribution in [2.75, 3.05) is 116 Å². The molecule has 18 aliphatic heterocycles. The van der Waals surface area contributed by atoms with Gasteiger partial charge in [-0.15, -0.1) is 0 Å². The average Bonchev–Trinajstić information content (AvgIpc) is 2.76. The summed E-state index contributed by atoms with van der Waals surface area (Å²) in [6.07, 6.45) is 17.4. The molecule has 454 valence electrons. The normalized spacial score (nSPS) is 14.9. The number of nitrogens with one attached hydrogen (secondary N) is 2. The second-order valence-electron chi connectivity index (χ2n) is 20.1. The Morgan fingerprint density at radius 1 is 0.256 bits per heavy atom. The van der Waals surface area contributed by atoms with Crippen LogP contribution in [0, 0.1) is 0 Å². The van der Waals surface area contributed by atoms with Crippen LogP contribution < -0.4 is 88.0 Å². The second kappa shape index (κ2) is 37.6. The number of rotatable bonds is 0. The molecule has 4 aromatic heterocycles. The molecule has 0 radical (unpaired) electrons. The summed E-state index contributed by atoms with van der Waals surface area (Å²) in [5.41, 5.74) is 12.3. The smallest absolute Gasteiger partial charge is 0.173 e. The number of hydrogen-bond donors (Lipinski definition) is 2. The molecular weight excluding hydrogens is 1170 g/mol. The standard InChI is InChI=1S/C36H32N4.C32H44N2O8.4ClH/c1-2-30-4-3-29(1)25-37-17-9-33(10-18-37)35-13-21-39(22-14-35)27-31-5-7-32(8-6-31)28-40-23-15-36(16-24-40)34-11-19-38(26-30)20-12-34;1-3-29-30-4-2-6-32(29)34-12-14-36-16-18-38-20-22-40-24-26-42-28-9-7-27(8-10-28)41-25-23-39-21-19-37-17-15-35-13-11-33-31(30)5-1;;;;/h1-24H,25-28H2;1-10,33-34H,11-26H2;4*1H/q+4;;;;;/p-4. The van der Waals surface area contributed by atoms with Crippen LogP contribution in [-0.4, -0.2) is 106 Å². The summed E-state index contributed by atoms with van der Waals surface area (Å²) in [7, 11) is 0. The van der Waals surface area contributed by atoms with E-state index in [4.69, 9.17) is 37.9 Å². The van der Waals surface area contributed by atoms with Gasteiger partial charge in [0, 0.05) is 106 Å². The number of fused-ring (bicyclic) bond motifs is 26. The summed E-state index contributed by atoms with van der Waals surface area (Å²) in [6.45, 7) is 12.1. The molecule has 0 spiro atoms. The summed E-state index contributed by atoms with van der Waals surface area (Å²) in [6, 6.07) is 55.6. The van der Waals surface area contributed by atoms with Crippen LogP contribution in [0.15, 0.2) is 207 Å². The van der Waals surface area contributed by atoms with Crippen LogP contribution in [0.25, 0.3) is 33.0 Å². The van der Waals surface area contributed by atoms with E-state index in [1.54, 1.807) is 0 Å². The highest BCUT2D eigenvalue weighted by atomic mass is 35.5. The van der Waals surface area contributed by atoms with Crippen molar-refractivity contribution in [2.45, 2.75) is 26.2 Å². The molecule has 14 nitrogen and oxygen atoms in total. The van der Waals surface area contributed by atoms with E-state index in [1.807, 2.05) is 24.3 Å². The van der Waals surface area contributed by atoms with Crippen LogP contribution in [0.5, 0.6) is 11.5 Å². The fourth-order valence-electron chi connectivity index (χ4n) is 9.65. The molecule has 0 amide bonds. The number of halogens is 4. The lowest BCUT2D eigenvalue weighted by Crippen LogP contribution is -3.00. The first-order valence-corrected chi connectivity index (χ1v) is 28.6. The van der Waals surface area contributed by atoms with Gasteiger partial charge in [0.1, 0.15) is 24.7 Å². The molecule has 0 saturated carbocycles. The molecule has 0 aliphatic carbocycles. The predicted octanol–water partition coefficient (Wildman–Crippen LogP) is -3.07. The molecule has 5 aromatic carbocycles. The first kappa shape index (κ1) is 68.2. The molecule has 18 bridgehead atoms. The maximum atomic E-state index is 5.72. The van der Waals surface area contributed by atoms with Gasteiger partial charge in [0.05, 0.1) is 79.3 Å². The summed E-state index contributed by atoms with van der Waals surface area (Å²) < 4.78 is 54.2. The fourth-order valence-corrected chi connectivity index (χ4v) is 9.65. The van der Waals surface area contributed by atoms with Gasteiger partial charge in [0.15, 0.2) is 75.8 Å². The third-order valence-electron chi connectivity index (χ3n) is 14.1. The zero-order valence-corrected chi connectivity index (χ0v) is 51.4. The molecular formula is C68H76Cl4N6O8. The van der Waals surface area contributed by atoms with Crippen molar-refractivity contribution in [3.63, 3.8) is 0 Å². The minimum absolute atomic E-state index is 0. The lowest BCUT2D eigenvalue weighted by atomic mass is 10.1. The maximum Gasteiger partial charge on any atom is 0.173 e. The second-order valence-corrected chi connectivity index (χ2v) is 20.1. The van der Waals surface area contributed by atoms with Gasteiger partial charge in [-0.3, -0.25) is 0 Å². The SMILES string of the molecule is [Cl-].[Cl-].[Cl-].[Cl-].c1cc2c3cccc(c3c1)NCCOCCOCCOCCOc1ccc(cc1)OCCOCCOCCOCCN2.c1cc2ccc1C[n+]1ccc(cc1)-c1cc[n+](cc1)Cc1ccc(cc1)C[n+]1ccc(cc1)-c1cc[n+](cc1)C2. The quantitative estimate of drug-likeness (QED) is 0.120. The van der Waals surface area contributed by atoms with Crippen molar-refractivity contribution in [1.29, 1.82) is 0 Å². The first-order chi connectivity index (χ1) is 40.6. The number of ether oxygens (including phenoxy) is 8. The molecule has 2 N–H and O–H groups in total. The Morgan fingerprint density at radius 3 is 0.767 bits per heavy atom. The number of anilines is 2. The van der Waals surface area contributed by atoms with Crippen molar-refractivity contribution >= 4 is 22.1 Å². The third kappa shape index (κ3) is 21.8. The Bertz CT molecular complexity index is 2960. The third-order valence-corrected chi connectivity index (χ3v) is 14.1. The average molecular weight is 1250 g/mol. The van der Waals surface area contributed by atoms with E-state index >= 15 is 0 Å². The first-order valence-electron chi connectivity index (χ1n) is 28.6. The van der Waals surface area contributed by atoms with Crippen LogP contribution in [-0.2, 0) is 54.6 Å². The van der Waals surface area contributed by atoms with E-state index in [0.717, 1.165) is 59.8 Å². The number of nitrogens with zero attached hydrogens (tertiary/aromatic N) is 4. The molecule has 18 aliphatic rings. The number of benzene rings is 5. The Labute approximate surface area is 530 Å². The highest BCUT2D eigenvalue weighted by Gasteiger charge is 2.13. The predicted molar refractivity (Wildman–Crippen MR) is 317 cm³/mol. The summed E-state index contributed by atoms with van der Waals surface area (Å²) in [5, 5.41) is 9.31. The van der Waals surface area contributed by atoms with Gasteiger partial charge < -0.3 is 98.2 Å². The summed E-state index contributed by atoms with van der Waals surface area (Å²) in [4.78, 5) is 0. The van der Waals surface area contributed by atoms with Crippen LogP contribution in [0.3, 0.4) is 0 Å². The van der Waals surface area contributed by atoms with Crippen LogP contribution in [0.4, 0.5) is 11.4 Å². The lowest BCUT2D eigenvalue weighted by Gasteiger charge is -2.14. The van der Waals surface area contributed by atoms with E-state index in [1.165, 1.54) is 44.5 Å². The molecule has 0 fully saturated rings. The van der Waals surface area contributed by atoms with E-state index < -0.39 is 0 Å². The Hall–Kier alpha value is -6.92. The van der Waals surface area contributed by atoms with Gasteiger partial charge in [-0.2, -0.15) is 0 Å². The van der Waals surface area contributed by atoms with Gasteiger partial charge in [-0.1, -0.05) is 72.8 Å². The Kier molecular flexibility index (Phi) is 29.8. The summed E-state index contributed by atoms with van der Waals surface area (Å²) in [5.74, 6) is 1.54. The zero-order chi connectivity index (χ0) is 55.6. The van der Waals surface area contributed by atoms with Crippen molar-refractivity contribution < 1.29 is 106 Å². The van der Waals surface area contributed by atoms with E-state index in [2.05, 4.69) is 212 Å². The minimum atomic E-state index is 0. The van der Waals surface area contributed by atoms with Gasteiger partial charge >= 0.3 is 0 Å². The number of hydrogen-bond acceptors (Lipinski definition) is 10. The van der Waals surface area contributed by atoms with Gasteiger partial charge in [0.2, 0.25) is 0 Å². The Morgan fingerprint density at radius 2 is 0.500 bits per heavy atom. The van der Waals surface area contributed by atoms with Crippen molar-refractivity contribution in [3.8, 4) is 33.8 Å². The monoisotopic (exact) mass is 1240 g/mol. The lowest BCUT2D eigenvalue weighted by molar-refractivity contribution is -0.689. The minimum Gasteiger partial charge on any atom is -1.00 e. The fraction of sp³-hybridized carbons (Fsp3) is 0.294. The van der Waals surface area contributed by atoms with E-state index in [-0.39, 0.29) is 49.6 Å². The largest absolute Gasteiger partial charge is 1.00 e. The zero-order valence-electron chi connectivity index (χ0n) is 48.3. The molecule has 9 aromatic rings. The van der Waals surface area contributed by atoms with Crippen molar-refractivity contribution in [2.24, 2.45) is 0 Å². The van der Waals surface area contributed by atoms with E-state index in [0.29, 0.717) is 106 Å². The topological polar surface area (TPSA) is 113 Å². The molecule has 86 heavy (non-hydrogen) atoms. The molecule has 18 heteroatoms. The molecule has 0 saturated heterocycles. The molecule has 0 unspecified atom stereocenters. The van der Waals surface area contributed by atoms with Crippen molar-refractivity contribution in [3.05, 3.63) is 230 Å². The highest BCUT2D eigenvalue weighted by molar-refractivity contribution is 6.01. The van der Waals surface area contributed by atoms with Crippen LogP contribution >= 0.6 is 0 Å². The van der Waals surface area contributed by atoms with Gasteiger partial charge in [0.25, 0.3) is 0 Å². The van der Waals surface area contributed by atoms with Crippen LogP contribution in [0.2, 0.25) is 0 Å². The molecule has 27 rings (SSSR count). The van der Waals surface area contributed by atoms with Gasteiger partial charge in [-0.05, 0) is 58.7 Å². The number of pyridine rings is 4. The maximum absolute atomic E-state index is 5.72. The molecule has 22 heterocycles. The molecule has 0 atom stereocenters. The highest BCUT2D eigenvalue weighted by Crippen LogP contribution is 2.29. The Balaban J connectivity index is 0.000000263. The van der Waals surface area contributed by atoms with Crippen molar-refractivity contribution in [1.82, 2.24) is 0 Å². The summed E-state index contributed by atoms with van der Waals surface area (Å²) >= 11 is 0. The van der Waals surface area contributed by atoms with Crippen LogP contribution in [0.1, 0.15) is 22.3 Å².